The molecule has 1 atom stereocenters. The van der Waals surface area contributed by atoms with Crippen LogP contribution in [0.5, 0.6) is 11.5 Å². The van der Waals surface area contributed by atoms with E-state index >= 15 is 0 Å². The van der Waals surface area contributed by atoms with Gasteiger partial charge < -0.3 is 25.0 Å². The standard InChI is InChI=1S/C26H26ClFN4O3/c27-19-6-8-20(9-7-19)30-26(33)29-16-23(18-5-10-24-25(15-18)35-17-34-24)32-13-11-31(12-14-32)22-4-2-1-3-21(22)28/h1-10,15,23H,11-14,16-17H2,(H2,29,30,33)/t23-/m1/s1. The lowest BCUT2D eigenvalue weighted by Gasteiger charge is -2.40. The Kier molecular flexibility index (Phi) is 6.92. The lowest BCUT2D eigenvalue weighted by molar-refractivity contribution is 0.173. The smallest absolute Gasteiger partial charge is 0.319 e. The molecule has 0 saturated carbocycles. The number of para-hydroxylation sites is 1. The summed E-state index contributed by atoms with van der Waals surface area (Å²) in [4.78, 5) is 17.0. The average Bonchev–Trinajstić information content (AvgIpc) is 3.35. The van der Waals surface area contributed by atoms with Crippen LogP contribution < -0.4 is 25.0 Å². The van der Waals surface area contributed by atoms with Crippen LogP contribution in [0.1, 0.15) is 11.6 Å². The number of carbonyl (C=O) groups excluding carboxylic acids is 1. The van der Waals surface area contributed by atoms with E-state index in [-0.39, 0.29) is 24.7 Å². The van der Waals surface area contributed by atoms with Crippen molar-refractivity contribution in [2.75, 3.05) is 49.7 Å². The Bertz CT molecular complexity index is 1190. The second-order valence-electron chi connectivity index (χ2n) is 8.44. The molecule has 1 fully saturated rings. The van der Waals surface area contributed by atoms with Gasteiger partial charge in [0, 0.05) is 43.4 Å². The van der Waals surface area contributed by atoms with Crippen molar-refractivity contribution >= 4 is 29.0 Å². The molecule has 3 aromatic rings. The van der Waals surface area contributed by atoms with Gasteiger partial charge in [-0.3, -0.25) is 4.90 Å². The molecule has 35 heavy (non-hydrogen) atoms. The highest BCUT2D eigenvalue weighted by Crippen LogP contribution is 2.36. The van der Waals surface area contributed by atoms with Crippen molar-refractivity contribution in [1.82, 2.24) is 10.2 Å². The molecule has 2 aliphatic rings. The van der Waals surface area contributed by atoms with E-state index in [1.54, 1.807) is 30.3 Å². The number of piperazine rings is 1. The molecule has 2 N–H and O–H groups in total. The molecule has 9 heteroatoms. The first kappa shape index (κ1) is 23.3. The maximum atomic E-state index is 14.3. The number of nitrogens with one attached hydrogen (secondary N) is 2. The number of rotatable bonds is 6. The molecule has 2 amide bonds. The summed E-state index contributed by atoms with van der Waals surface area (Å²) < 4.78 is 25.3. The number of benzene rings is 3. The fraction of sp³-hybridized carbons (Fsp3) is 0.269. The zero-order valence-electron chi connectivity index (χ0n) is 19.0. The van der Waals surface area contributed by atoms with E-state index in [2.05, 4.69) is 20.4 Å². The lowest BCUT2D eigenvalue weighted by Crippen LogP contribution is -2.50. The van der Waals surface area contributed by atoms with Gasteiger partial charge in [-0.2, -0.15) is 0 Å². The Balaban J connectivity index is 1.28. The normalized spacial score (nSPS) is 16.1. The van der Waals surface area contributed by atoms with Gasteiger partial charge in [-0.05, 0) is 54.1 Å². The molecular formula is C26H26ClFN4O3. The SMILES string of the molecule is O=C(NC[C@H](c1ccc2c(c1)OCO2)N1CCN(c2ccccc2F)CC1)Nc1ccc(Cl)cc1. The number of ether oxygens (including phenoxy) is 2. The summed E-state index contributed by atoms with van der Waals surface area (Å²) in [5.41, 5.74) is 2.29. The Hall–Kier alpha value is -3.49. The number of anilines is 2. The monoisotopic (exact) mass is 496 g/mol. The average molecular weight is 497 g/mol. The largest absolute Gasteiger partial charge is 0.454 e. The molecular weight excluding hydrogens is 471 g/mol. The minimum atomic E-state index is -0.303. The zero-order chi connectivity index (χ0) is 24.2. The van der Waals surface area contributed by atoms with E-state index in [9.17, 15) is 9.18 Å². The molecule has 0 unspecified atom stereocenters. The zero-order valence-corrected chi connectivity index (χ0v) is 19.8. The summed E-state index contributed by atoms with van der Waals surface area (Å²) >= 11 is 5.93. The first-order valence-electron chi connectivity index (χ1n) is 11.5. The second-order valence-corrected chi connectivity index (χ2v) is 8.88. The Labute approximate surface area is 208 Å². The summed E-state index contributed by atoms with van der Waals surface area (Å²) in [6.45, 7) is 3.38. The summed E-state index contributed by atoms with van der Waals surface area (Å²) in [5.74, 6) is 1.20. The van der Waals surface area contributed by atoms with Gasteiger partial charge in [0.05, 0.1) is 11.7 Å². The van der Waals surface area contributed by atoms with E-state index in [0.717, 1.165) is 5.56 Å². The van der Waals surface area contributed by atoms with Crippen LogP contribution in [-0.4, -0.2) is 50.4 Å². The number of urea groups is 1. The van der Waals surface area contributed by atoms with E-state index in [4.69, 9.17) is 21.1 Å². The molecule has 0 spiro atoms. The van der Waals surface area contributed by atoms with Gasteiger partial charge in [-0.1, -0.05) is 29.8 Å². The molecule has 0 aromatic heterocycles. The van der Waals surface area contributed by atoms with Crippen LogP contribution in [0.3, 0.4) is 0 Å². The number of fused-ring (bicyclic) bond motifs is 1. The van der Waals surface area contributed by atoms with Gasteiger partial charge in [0.15, 0.2) is 11.5 Å². The molecule has 182 valence electrons. The lowest BCUT2D eigenvalue weighted by atomic mass is 10.0. The van der Waals surface area contributed by atoms with Crippen LogP contribution in [0.15, 0.2) is 66.7 Å². The number of halogens is 2. The van der Waals surface area contributed by atoms with E-state index in [1.165, 1.54) is 6.07 Å². The van der Waals surface area contributed by atoms with Crippen molar-refractivity contribution in [3.63, 3.8) is 0 Å². The first-order chi connectivity index (χ1) is 17.1. The third kappa shape index (κ3) is 5.44. The summed E-state index contributed by atoms with van der Waals surface area (Å²) in [6, 6.07) is 19.3. The quantitative estimate of drug-likeness (QED) is 0.508. The molecule has 1 saturated heterocycles. The van der Waals surface area contributed by atoms with Gasteiger partial charge in [0.2, 0.25) is 6.79 Å². The molecule has 0 radical (unpaired) electrons. The fourth-order valence-corrected chi connectivity index (χ4v) is 4.58. The number of amides is 2. The van der Waals surface area contributed by atoms with Gasteiger partial charge in [-0.25, -0.2) is 9.18 Å². The number of carbonyl (C=O) groups is 1. The molecule has 5 rings (SSSR count). The molecule has 7 nitrogen and oxygen atoms in total. The number of hydrogen-bond acceptors (Lipinski definition) is 5. The van der Waals surface area contributed by atoms with Crippen molar-refractivity contribution in [3.05, 3.63) is 83.1 Å². The van der Waals surface area contributed by atoms with Gasteiger partial charge in [0.25, 0.3) is 0 Å². The first-order valence-corrected chi connectivity index (χ1v) is 11.9. The number of hydrogen-bond donors (Lipinski definition) is 2. The minimum absolute atomic E-state index is 0.0942. The third-order valence-electron chi connectivity index (χ3n) is 6.29. The Morgan fingerprint density at radius 3 is 2.49 bits per heavy atom. The van der Waals surface area contributed by atoms with Crippen LogP contribution >= 0.6 is 11.6 Å². The minimum Gasteiger partial charge on any atom is -0.454 e. The molecule has 0 bridgehead atoms. The maximum Gasteiger partial charge on any atom is 0.319 e. The van der Waals surface area contributed by atoms with Crippen molar-refractivity contribution in [2.45, 2.75) is 6.04 Å². The van der Waals surface area contributed by atoms with E-state index < -0.39 is 0 Å². The summed E-state index contributed by atoms with van der Waals surface area (Å²) in [6.07, 6.45) is 0. The summed E-state index contributed by atoms with van der Waals surface area (Å²) in [7, 11) is 0. The molecule has 2 aliphatic heterocycles. The van der Waals surface area contributed by atoms with Crippen molar-refractivity contribution in [3.8, 4) is 11.5 Å². The Morgan fingerprint density at radius 1 is 0.971 bits per heavy atom. The van der Waals surface area contributed by atoms with Gasteiger partial charge >= 0.3 is 6.03 Å². The molecule has 0 aliphatic carbocycles. The third-order valence-corrected chi connectivity index (χ3v) is 6.54. The fourth-order valence-electron chi connectivity index (χ4n) is 4.46. The van der Waals surface area contributed by atoms with Gasteiger partial charge in [-0.15, -0.1) is 0 Å². The maximum absolute atomic E-state index is 14.3. The van der Waals surface area contributed by atoms with Crippen LogP contribution in [0.4, 0.5) is 20.6 Å². The van der Waals surface area contributed by atoms with Crippen LogP contribution in [0.2, 0.25) is 5.02 Å². The highest BCUT2D eigenvalue weighted by Gasteiger charge is 2.28. The number of nitrogens with zero attached hydrogens (tertiary/aromatic N) is 2. The highest BCUT2D eigenvalue weighted by atomic mass is 35.5. The van der Waals surface area contributed by atoms with Gasteiger partial charge in [0.1, 0.15) is 5.82 Å². The van der Waals surface area contributed by atoms with Crippen LogP contribution in [0, 0.1) is 5.82 Å². The van der Waals surface area contributed by atoms with Crippen LogP contribution in [-0.2, 0) is 0 Å². The summed E-state index contributed by atoms with van der Waals surface area (Å²) in [5, 5.41) is 6.43. The highest BCUT2D eigenvalue weighted by molar-refractivity contribution is 6.30. The van der Waals surface area contributed by atoms with Crippen molar-refractivity contribution < 1.29 is 18.7 Å². The van der Waals surface area contributed by atoms with E-state index in [0.29, 0.717) is 60.6 Å². The predicted octanol–water partition coefficient (Wildman–Crippen LogP) is 4.89. The molecule has 2 heterocycles. The van der Waals surface area contributed by atoms with Crippen molar-refractivity contribution in [1.29, 1.82) is 0 Å². The van der Waals surface area contributed by atoms with E-state index in [1.807, 2.05) is 30.3 Å². The van der Waals surface area contributed by atoms with Crippen LogP contribution in [0.25, 0.3) is 0 Å². The topological polar surface area (TPSA) is 66.1 Å². The predicted molar refractivity (Wildman–Crippen MR) is 134 cm³/mol. The second kappa shape index (κ2) is 10.4. The molecule has 3 aromatic carbocycles. The Morgan fingerprint density at radius 2 is 1.71 bits per heavy atom. The van der Waals surface area contributed by atoms with Crippen molar-refractivity contribution in [2.24, 2.45) is 0 Å².